The molecule has 5 nitrogen and oxygen atoms in total. The minimum atomic E-state index is -0.787. The van der Waals surface area contributed by atoms with Crippen LogP contribution in [0.15, 0.2) is 30.3 Å². The average molecular weight is 394 g/mol. The van der Waals surface area contributed by atoms with Gasteiger partial charge in [0.2, 0.25) is 0 Å². The Bertz CT molecular complexity index is 614. The SMILES string of the molecule is CC(C)(C)OC(=O)N1CCCCC1CC(CSCc1ccccc1)C(=O)O. The van der Waals surface area contributed by atoms with Gasteiger partial charge in [-0.25, -0.2) is 4.79 Å². The Morgan fingerprint density at radius 2 is 1.96 bits per heavy atom. The second-order valence-electron chi connectivity index (χ2n) is 8.09. The molecular weight excluding hydrogens is 362 g/mol. The molecule has 0 radical (unpaired) electrons. The first kappa shape index (κ1) is 21.6. The molecule has 2 atom stereocenters. The van der Waals surface area contributed by atoms with Crippen LogP contribution in [-0.2, 0) is 15.3 Å². The van der Waals surface area contributed by atoms with Crippen LogP contribution in [0.3, 0.4) is 0 Å². The first-order valence-corrected chi connectivity index (χ1v) is 10.8. The fourth-order valence-corrected chi connectivity index (χ4v) is 4.38. The maximum absolute atomic E-state index is 12.5. The molecule has 1 amide bonds. The van der Waals surface area contributed by atoms with Gasteiger partial charge in [-0.1, -0.05) is 30.3 Å². The van der Waals surface area contributed by atoms with Crippen molar-refractivity contribution >= 4 is 23.8 Å². The lowest BCUT2D eigenvalue weighted by Gasteiger charge is -2.37. The van der Waals surface area contributed by atoms with Crippen LogP contribution in [0, 0.1) is 5.92 Å². The number of nitrogens with zero attached hydrogens (tertiary/aromatic N) is 1. The maximum atomic E-state index is 12.5. The van der Waals surface area contributed by atoms with E-state index in [1.54, 1.807) is 16.7 Å². The lowest BCUT2D eigenvalue weighted by Crippen LogP contribution is -2.47. The summed E-state index contributed by atoms with van der Waals surface area (Å²) in [6, 6.07) is 9.99. The van der Waals surface area contributed by atoms with Crippen LogP contribution in [0.1, 0.15) is 52.0 Å². The lowest BCUT2D eigenvalue weighted by atomic mass is 9.93. The molecule has 1 N–H and O–H groups in total. The standard InChI is InChI=1S/C21H31NO4S/c1-21(2,3)26-20(25)22-12-8-7-11-18(22)13-17(19(23)24)15-27-14-16-9-5-4-6-10-16/h4-6,9-10,17-18H,7-8,11-15H2,1-3H3,(H,23,24). The number of thioether (sulfide) groups is 1. The smallest absolute Gasteiger partial charge is 0.410 e. The highest BCUT2D eigenvalue weighted by Crippen LogP contribution is 2.27. The van der Waals surface area contributed by atoms with Crippen LogP contribution in [-0.4, -0.2) is 46.0 Å². The summed E-state index contributed by atoms with van der Waals surface area (Å²) in [5.74, 6) is 0.0885. The first-order chi connectivity index (χ1) is 12.8. The molecule has 0 spiro atoms. The minimum Gasteiger partial charge on any atom is -0.481 e. The summed E-state index contributed by atoms with van der Waals surface area (Å²) >= 11 is 1.64. The zero-order chi connectivity index (χ0) is 19.9. The molecule has 6 heteroatoms. The van der Waals surface area contributed by atoms with Gasteiger partial charge in [-0.2, -0.15) is 11.8 Å². The van der Waals surface area contributed by atoms with Gasteiger partial charge in [0.1, 0.15) is 5.60 Å². The number of carboxylic acids is 1. The molecular formula is C21H31NO4S. The summed E-state index contributed by atoms with van der Waals surface area (Å²) in [6.07, 6.45) is 2.96. The molecule has 0 bridgehead atoms. The summed E-state index contributed by atoms with van der Waals surface area (Å²) in [5.41, 5.74) is 0.649. The third kappa shape index (κ3) is 7.45. The normalized spacial score (nSPS) is 18.8. The number of hydrogen-bond donors (Lipinski definition) is 1. The highest BCUT2D eigenvalue weighted by atomic mass is 32.2. The second kappa shape index (κ2) is 10.0. The van der Waals surface area contributed by atoms with Gasteiger partial charge < -0.3 is 14.7 Å². The van der Waals surface area contributed by atoms with Crippen molar-refractivity contribution in [2.24, 2.45) is 5.92 Å². The fourth-order valence-electron chi connectivity index (χ4n) is 3.27. The molecule has 1 aromatic carbocycles. The summed E-state index contributed by atoms with van der Waals surface area (Å²) in [7, 11) is 0. The van der Waals surface area contributed by atoms with Gasteiger partial charge in [-0.3, -0.25) is 4.79 Å². The molecule has 27 heavy (non-hydrogen) atoms. The number of carboxylic acid groups (broad SMARTS) is 1. The van der Waals surface area contributed by atoms with Crippen LogP contribution in [0.2, 0.25) is 0 Å². The Labute approximate surface area is 166 Å². The van der Waals surface area contributed by atoms with Crippen molar-refractivity contribution in [1.29, 1.82) is 0 Å². The molecule has 0 aliphatic carbocycles. The van der Waals surface area contributed by atoms with Gasteiger partial charge in [0.15, 0.2) is 0 Å². The molecule has 2 unspecified atom stereocenters. The largest absolute Gasteiger partial charge is 0.481 e. The number of rotatable bonds is 7. The number of benzene rings is 1. The molecule has 150 valence electrons. The average Bonchev–Trinajstić information content (AvgIpc) is 2.60. The van der Waals surface area contributed by atoms with E-state index >= 15 is 0 Å². The quantitative estimate of drug-likeness (QED) is 0.721. The molecule has 1 aromatic rings. The van der Waals surface area contributed by atoms with Crippen molar-refractivity contribution < 1.29 is 19.4 Å². The summed E-state index contributed by atoms with van der Waals surface area (Å²) < 4.78 is 5.52. The van der Waals surface area contributed by atoms with E-state index in [1.165, 1.54) is 5.56 Å². The fraction of sp³-hybridized carbons (Fsp3) is 0.619. The van der Waals surface area contributed by atoms with E-state index in [2.05, 4.69) is 0 Å². The Morgan fingerprint density at radius 3 is 2.59 bits per heavy atom. The van der Waals surface area contributed by atoms with Gasteiger partial charge >= 0.3 is 12.1 Å². The molecule has 1 heterocycles. The van der Waals surface area contributed by atoms with E-state index in [4.69, 9.17) is 4.74 Å². The van der Waals surface area contributed by atoms with Crippen LogP contribution in [0.4, 0.5) is 4.79 Å². The number of carbonyl (C=O) groups excluding carboxylic acids is 1. The summed E-state index contributed by atoms with van der Waals surface area (Å²) in [4.78, 5) is 26.0. The van der Waals surface area contributed by atoms with Crippen molar-refractivity contribution in [1.82, 2.24) is 4.90 Å². The number of hydrogen-bond acceptors (Lipinski definition) is 4. The van der Waals surface area contributed by atoms with Gasteiger partial charge in [-0.05, 0) is 52.0 Å². The van der Waals surface area contributed by atoms with Gasteiger partial charge in [-0.15, -0.1) is 0 Å². The second-order valence-corrected chi connectivity index (χ2v) is 9.13. The van der Waals surface area contributed by atoms with Crippen LogP contribution in [0.5, 0.6) is 0 Å². The van der Waals surface area contributed by atoms with Gasteiger partial charge in [0.05, 0.1) is 5.92 Å². The Morgan fingerprint density at radius 1 is 1.26 bits per heavy atom. The van der Waals surface area contributed by atoms with Gasteiger partial charge in [0, 0.05) is 24.1 Å². The summed E-state index contributed by atoms with van der Waals surface area (Å²) in [6.45, 7) is 6.20. The molecule has 0 aromatic heterocycles. The molecule has 1 fully saturated rings. The van der Waals surface area contributed by atoms with Crippen molar-refractivity contribution in [3.8, 4) is 0 Å². The Kier molecular flexibility index (Phi) is 8.02. The van der Waals surface area contributed by atoms with E-state index in [0.29, 0.717) is 18.7 Å². The molecule has 1 saturated heterocycles. The number of piperidine rings is 1. The van der Waals surface area contributed by atoms with E-state index < -0.39 is 17.5 Å². The van der Waals surface area contributed by atoms with E-state index in [1.807, 2.05) is 51.1 Å². The van der Waals surface area contributed by atoms with Crippen LogP contribution < -0.4 is 0 Å². The first-order valence-electron chi connectivity index (χ1n) is 9.60. The molecule has 1 aliphatic heterocycles. The monoisotopic (exact) mass is 393 g/mol. The van der Waals surface area contributed by atoms with Crippen LogP contribution >= 0.6 is 11.8 Å². The maximum Gasteiger partial charge on any atom is 0.410 e. The van der Waals surface area contributed by atoms with Crippen molar-refractivity contribution in [3.63, 3.8) is 0 Å². The third-order valence-corrected chi connectivity index (χ3v) is 5.77. The number of ether oxygens (including phenoxy) is 1. The van der Waals surface area contributed by atoms with Crippen molar-refractivity contribution in [2.45, 2.75) is 63.9 Å². The number of amides is 1. The van der Waals surface area contributed by atoms with Gasteiger partial charge in [0.25, 0.3) is 0 Å². The predicted octanol–water partition coefficient (Wildman–Crippen LogP) is 4.80. The topological polar surface area (TPSA) is 66.8 Å². The Hall–Kier alpha value is -1.69. The molecule has 1 aliphatic rings. The zero-order valence-electron chi connectivity index (χ0n) is 16.5. The van der Waals surface area contributed by atoms with E-state index in [0.717, 1.165) is 25.0 Å². The number of carbonyl (C=O) groups is 2. The zero-order valence-corrected chi connectivity index (χ0v) is 17.3. The molecule has 2 rings (SSSR count). The van der Waals surface area contributed by atoms with Crippen molar-refractivity contribution in [2.75, 3.05) is 12.3 Å². The lowest BCUT2D eigenvalue weighted by molar-refractivity contribution is -0.141. The molecule has 0 saturated carbocycles. The third-order valence-electron chi connectivity index (χ3n) is 4.59. The highest BCUT2D eigenvalue weighted by Gasteiger charge is 2.33. The number of likely N-dealkylation sites (tertiary alicyclic amines) is 1. The predicted molar refractivity (Wildman–Crippen MR) is 109 cm³/mol. The highest BCUT2D eigenvalue weighted by molar-refractivity contribution is 7.98. The van der Waals surface area contributed by atoms with Crippen molar-refractivity contribution in [3.05, 3.63) is 35.9 Å². The van der Waals surface area contributed by atoms with Crippen LogP contribution in [0.25, 0.3) is 0 Å². The van der Waals surface area contributed by atoms with E-state index in [9.17, 15) is 14.7 Å². The Balaban J connectivity index is 1.93. The van der Waals surface area contributed by atoms with E-state index in [-0.39, 0.29) is 12.1 Å². The minimum absolute atomic E-state index is 0.0629. The number of aliphatic carboxylic acids is 1. The summed E-state index contributed by atoms with van der Waals surface area (Å²) in [5, 5.41) is 9.66.